The van der Waals surface area contributed by atoms with Crippen LogP contribution in [-0.4, -0.2) is 26.3 Å². The maximum atomic E-state index is 11.5. The molecule has 0 spiro atoms. The number of rotatable bonds is 2. The Labute approximate surface area is 75.4 Å². The molecule has 4 nitrogen and oxygen atoms in total. The van der Waals surface area contributed by atoms with Gasteiger partial charge in [0.15, 0.2) is 5.41 Å². The summed E-state index contributed by atoms with van der Waals surface area (Å²) in [5.74, 6) is 0.319. The quantitative estimate of drug-likeness (QED) is 0.632. The Hall–Kier alpha value is -1.29. The SMILES string of the molecule is COC(=O)C1(c2ccco2)COC1. The van der Waals surface area contributed by atoms with Crippen molar-refractivity contribution in [2.24, 2.45) is 0 Å². The van der Waals surface area contributed by atoms with Gasteiger partial charge in [-0.2, -0.15) is 0 Å². The smallest absolute Gasteiger partial charge is 0.324 e. The third kappa shape index (κ3) is 1.06. The van der Waals surface area contributed by atoms with Crippen molar-refractivity contribution >= 4 is 5.97 Å². The monoisotopic (exact) mass is 182 g/mol. The van der Waals surface area contributed by atoms with E-state index in [2.05, 4.69) is 0 Å². The Morgan fingerprint density at radius 1 is 1.62 bits per heavy atom. The van der Waals surface area contributed by atoms with Crippen molar-refractivity contribution in [3.63, 3.8) is 0 Å². The maximum absolute atomic E-state index is 11.5. The average molecular weight is 182 g/mol. The van der Waals surface area contributed by atoms with Crippen molar-refractivity contribution in [2.45, 2.75) is 5.41 Å². The molecule has 70 valence electrons. The van der Waals surface area contributed by atoms with Crippen molar-refractivity contribution in [3.05, 3.63) is 24.2 Å². The lowest BCUT2D eigenvalue weighted by molar-refractivity contribution is -0.168. The van der Waals surface area contributed by atoms with Gasteiger partial charge in [0.1, 0.15) is 5.76 Å². The molecular formula is C9H10O4. The molecule has 1 saturated heterocycles. The van der Waals surface area contributed by atoms with Gasteiger partial charge in [0.25, 0.3) is 0 Å². The molecule has 0 amide bonds. The summed E-state index contributed by atoms with van der Waals surface area (Å²) in [4.78, 5) is 11.5. The summed E-state index contributed by atoms with van der Waals surface area (Å²) >= 11 is 0. The second-order valence-electron chi connectivity index (χ2n) is 3.04. The molecule has 0 aromatic carbocycles. The number of furan rings is 1. The molecular weight excluding hydrogens is 172 g/mol. The van der Waals surface area contributed by atoms with E-state index in [-0.39, 0.29) is 5.97 Å². The van der Waals surface area contributed by atoms with Crippen LogP contribution >= 0.6 is 0 Å². The molecule has 0 atom stereocenters. The summed E-state index contributed by atoms with van der Waals surface area (Å²) in [5.41, 5.74) is -0.696. The lowest BCUT2D eigenvalue weighted by Gasteiger charge is -2.36. The third-order valence-corrected chi connectivity index (χ3v) is 2.27. The summed E-state index contributed by atoms with van der Waals surface area (Å²) in [6.07, 6.45) is 1.54. The molecule has 0 radical (unpaired) electrons. The van der Waals surface area contributed by atoms with Crippen molar-refractivity contribution in [3.8, 4) is 0 Å². The summed E-state index contributed by atoms with van der Waals surface area (Å²) in [7, 11) is 1.37. The minimum Gasteiger partial charge on any atom is -0.468 e. The highest BCUT2D eigenvalue weighted by Gasteiger charge is 2.51. The molecule has 13 heavy (non-hydrogen) atoms. The molecule has 0 saturated carbocycles. The van der Waals surface area contributed by atoms with Crippen LogP contribution in [-0.2, 0) is 19.7 Å². The van der Waals surface area contributed by atoms with Gasteiger partial charge in [-0.15, -0.1) is 0 Å². The molecule has 2 heterocycles. The normalized spacial score (nSPS) is 19.2. The van der Waals surface area contributed by atoms with E-state index >= 15 is 0 Å². The van der Waals surface area contributed by atoms with Gasteiger partial charge in [0, 0.05) is 0 Å². The van der Waals surface area contributed by atoms with Crippen LogP contribution in [0.3, 0.4) is 0 Å². The summed E-state index contributed by atoms with van der Waals surface area (Å²) in [6.45, 7) is 0.681. The number of ether oxygens (including phenoxy) is 2. The number of carbonyl (C=O) groups excluding carboxylic acids is 1. The Bertz CT molecular complexity index is 297. The van der Waals surface area contributed by atoms with Gasteiger partial charge < -0.3 is 13.9 Å². The first kappa shape index (κ1) is 8.31. The Morgan fingerprint density at radius 3 is 2.77 bits per heavy atom. The van der Waals surface area contributed by atoms with Gasteiger partial charge >= 0.3 is 5.97 Å². The second-order valence-corrected chi connectivity index (χ2v) is 3.04. The first-order valence-electron chi connectivity index (χ1n) is 4.00. The maximum Gasteiger partial charge on any atom is 0.324 e. The van der Waals surface area contributed by atoms with E-state index < -0.39 is 5.41 Å². The molecule has 1 aromatic rings. The second kappa shape index (κ2) is 2.88. The fourth-order valence-corrected chi connectivity index (χ4v) is 1.41. The predicted molar refractivity (Wildman–Crippen MR) is 43.2 cm³/mol. The molecule has 0 bridgehead atoms. The van der Waals surface area contributed by atoms with E-state index in [9.17, 15) is 4.79 Å². The van der Waals surface area contributed by atoms with Crippen molar-refractivity contribution < 1.29 is 18.7 Å². The summed E-state index contributed by atoms with van der Waals surface area (Å²) in [5, 5.41) is 0. The van der Waals surface area contributed by atoms with Gasteiger partial charge in [0.2, 0.25) is 0 Å². The topological polar surface area (TPSA) is 48.7 Å². The number of carbonyl (C=O) groups is 1. The van der Waals surface area contributed by atoms with Crippen LogP contribution in [0.4, 0.5) is 0 Å². The van der Waals surface area contributed by atoms with Crippen LogP contribution in [0.15, 0.2) is 22.8 Å². The van der Waals surface area contributed by atoms with E-state index in [1.165, 1.54) is 7.11 Å². The minimum absolute atomic E-state index is 0.297. The molecule has 0 unspecified atom stereocenters. The van der Waals surface area contributed by atoms with Gasteiger partial charge in [-0.1, -0.05) is 0 Å². The van der Waals surface area contributed by atoms with Crippen molar-refractivity contribution in [1.82, 2.24) is 0 Å². The highest BCUT2D eigenvalue weighted by atomic mass is 16.5. The summed E-state index contributed by atoms with van der Waals surface area (Å²) in [6, 6.07) is 3.51. The van der Waals surface area contributed by atoms with E-state index in [4.69, 9.17) is 13.9 Å². The Kier molecular flexibility index (Phi) is 1.84. The molecule has 1 aliphatic heterocycles. The number of hydrogen-bond acceptors (Lipinski definition) is 4. The molecule has 1 aliphatic rings. The molecule has 2 rings (SSSR count). The first-order valence-corrected chi connectivity index (χ1v) is 4.00. The predicted octanol–water partition coefficient (Wildman–Crippen LogP) is 0.721. The van der Waals surface area contributed by atoms with E-state index in [1.807, 2.05) is 0 Å². The van der Waals surface area contributed by atoms with E-state index in [1.54, 1.807) is 18.4 Å². The molecule has 4 heteroatoms. The highest BCUT2D eigenvalue weighted by Crippen LogP contribution is 2.33. The molecule has 1 aromatic heterocycles. The Balaban J connectivity index is 2.31. The van der Waals surface area contributed by atoms with Crippen molar-refractivity contribution in [1.29, 1.82) is 0 Å². The zero-order chi connectivity index (χ0) is 9.31. The number of esters is 1. The van der Waals surface area contributed by atoms with Crippen LogP contribution < -0.4 is 0 Å². The molecule has 1 fully saturated rings. The van der Waals surface area contributed by atoms with Crippen LogP contribution in [0.2, 0.25) is 0 Å². The fourth-order valence-electron chi connectivity index (χ4n) is 1.41. The van der Waals surface area contributed by atoms with Crippen LogP contribution in [0, 0.1) is 0 Å². The third-order valence-electron chi connectivity index (χ3n) is 2.27. The zero-order valence-corrected chi connectivity index (χ0v) is 7.28. The minimum atomic E-state index is -0.696. The molecule has 0 N–H and O–H groups in total. The fraction of sp³-hybridized carbons (Fsp3) is 0.444. The molecule has 0 aliphatic carbocycles. The average Bonchev–Trinajstić information content (AvgIpc) is 2.55. The lowest BCUT2D eigenvalue weighted by atomic mass is 9.83. The van der Waals surface area contributed by atoms with Gasteiger partial charge in [0.05, 0.1) is 26.6 Å². The van der Waals surface area contributed by atoms with Gasteiger partial charge in [-0.05, 0) is 12.1 Å². The van der Waals surface area contributed by atoms with Crippen LogP contribution in [0.1, 0.15) is 5.76 Å². The summed E-state index contributed by atoms with van der Waals surface area (Å²) < 4.78 is 14.9. The number of methoxy groups -OCH3 is 1. The lowest BCUT2D eigenvalue weighted by Crippen LogP contribution is -2.53. The largest absolute Gasteiger partial charge is 0.468 e. The Morgan fingerprint density at radius 2 is 2.38 bits per heavy atom. The standard InChI is InChI=1S/C9H10O4/c1-11-8(10)9(5-12-6-9)7-3-2-4-13-7/h2-4H,5-6H2,1H3. The van der Waals surface area contributed by atoms with Gasteiger partial charge in [-0.25, -0.2) is 0 Å². The van der Waals surface area contributed by atoms with Crippen LogP contribution in [0.25, 0.3) is 0 Å². The van der Waals surface area contributed by atoms with Gasteiger partial charge in [-0.3, -0.25) is 4.79 Å². The van der Waals surface area contributed by atoms with Crippen LogP contribution in [0.5, 0.6) is 0 Å². The van der Waals surface area contributed by atoms with E-state index in [0.29, 0.717) is 19.0 Å². The highest BCUT2D eigenvalue weighted by molar-refractivity contribution is 5.83. The first-order chi connectivity index (χ1) is 6.29. The van der Waals surface area contributed by atoms with Crippen molar-refractivity contribution in [2.75, 3.05) is 20.3 Å². The van der Waals surface area contributed by atoms with E-state index in [0.717, 1.165) is 0 Å². The number of hydrogen-bond donors (Lipinski definition) is 0. The zero-order valence-electron chi connectivity index (χ0n) is 7.28.